The Labute approximate surface area is 175 Å². The number of hydrogen-bond donors (Lipinski definition) is 0. The van der Waals surface area contributed by atoms with E-state index in [9.17, 15) is 0 Å². The van der Waals surface area contributed by atoms with E-state index in [0.29, 0.717) is 23.7 Å². The first-order valence-corrected chi connectivity index (χ1v) is 10.8. The highest BCUT2D eigenvalue weighted by atomic mass is 35.5. The molecule has 138 valence electrons. The van der Waals surface area contributed by atoms with Crippen molar-refractivity contribution in [3.8, 4) is 0 Å². The predicted molar refractivity (Wildman–Crippen MR) is 118 cm³/mol. The maximum absolute atomic E-state index is 6.54. The first-order chi connectivity index (χ1) is 14.3. The zero-order chi connectivity index (χ0) is 19.1. The molecule has 0 aromatic heterocycles. The van der Waals surface area contributed by atoms with E-state index in [1.165, 1.54) is 44.5 Å². The zero-order valence-corrected chi connectivity index (χ0v) is 16.6. The van der Waals surface area contributed by atoms with Gasteiger partial charge in [0, 0.05) is 28.7 Å². The molecule has 2 unspecified atom stereocenters. The first-order valence-electron chi connectivity index (χ1n) is 10.4. The minimum Gasteiger partial charge on any atom is -0.0843 e. The Kier molecular flexibility index (Phi) is 3.10. The molecular formula is C28H19Cl. The van der Waals surface area contributed by atoms with Crippen molar-refractivity contribution >= 4 is 11.6 Å². The summed E-state index contributed by atoms with van der Waals surface area (Å²) in [5, 5.41) is 0.838. The molecule has 4 bridgehead atoms. The van der Waals surface area contributed by atoms with Crippen LogP contribution in [0.25, 0.3) is 0 Å². The average molecular weight is 391 g/mol. The van der Waals surface area contributed by atoms with Crippen LogP contribution in [0.3, 0.4) is 0 Å². The van der Waals surface area contributed by atoms with Crippen LogP contribution >= 0.6 is 11.6 Å². The molecular weight excluding hydrogens is 372 g/mol. The Hall–Kier alpha value is -2.83. The second-order valence-electron chi connectivity index (χ2n) is 8.57. The van der Waals surface area contributed by atoms with E-state index in [1.54, 1.807) is 0 Å². The third kappa shape index (κ3) is 1.95. The number of benzene rings is 4. The molecule has 6 aliphatic carbocycles. The lowest BCUT2D eigenvalue weighted by atomic mass is 9.53. The van der Waals surface area contributed by atoms with Crippen molar-refractivity contribution < 1.29 is 0 Å². The summed E-state index contributed by atoms with van der Waals surface area (Å²) in [7, 11) is 0. The smallest absolute Gasteiger partial charge is 0.0409 e. The van der Waals surface area contributed by atoms with Gasteiger partial charge >= 0.3 is 0 Å². The van der Waals surface area contributed by atoms with Gasteiger partial charge in [-0.3, -0.25) is 0 Å². The minimum atomic E-state index is 0.291. The standard InChI is InChI=1S/C28H19Cl/c29-16-13-14-23-24(15-16)28-22-12-6-5-11-21(22)27(23)25-17-7-1-3-9-19(17)26(28)20-10-4-2-8-18(20)25/h1-15,25-28H. The highest BCUT2D eigenvalue weighted by Crippen LogP contribution is 2.63. The largest absolute Gasteiger partial charge is 0.0843 e. The van der Waals surface area contributed by atoms with Gasteiger partial charge in [0.1, 0.15) is 0 Å². The van der Waals surface area contributed by atoms with Crippen molar-refractivity contribution in [1.29, 1.82) is 0 Å². The van der Waals surface area contributed by atoms with Crippen molar-refractivity contribution in [2.75, 3.05) is 0 Å². The monoisotopic (exact) mass is 390 g/mol. The van der Waals surface area contributed by atoms with Crippen LogP contribution in [0.2, 0.25) is 5.02 Å². The quantitative estimate of drug-likeness (QED) is 0.297. The number of rotatable bonds is 0. The van der Waals surface area contributed by atoms with Crippen molar-refractivity contribution in [1.82, 2.24) is 0 Å². The van der Waals surface area contributed by atoms with E-state index in [0.717, 1.165) is 5.02 Å². The maximum Gasteiger partial charge on any atom is 0.0409 e. The summed E-state index contributed by atoms with van der Waals surface area (Å²) < 4.78 is 0. The molecule has 4 aromatic rings. The maximum atomic E-state index is 6.54. The van der Waals surface area contributed by atoms with E-state index in [2.05, 4.69) is 91.0 Å². The van der Waals surface area contributed by atoms with Gasteiger partial charge in [-0.1, -0.05) is 90.5 Å². The molecule has 0 N–H and O–H groups in total. The van der Waals surface area contributed by atoms with Crippen LogP contribution in [0.1, 0.15) is 68.2 Å². The van der Waals surface area contributed by atoms with Crippen molar-refractivity contribution in [3.63, 3.8) is 0 Å². The summed E-state index contributed by atoms with van der Waals surface area (Å²) in [6, 6.07) is 34.0. The van der Waals surface area contributed by atoms with Crippen LogP contribution in [-0.2, 0) is 0 Å². The Bertz CT molecular complexity index is 1250. The van der Waals surface area contributed by atoms with Crippen LogP contribution in [-0.4, -0.2) is 0 Å². The zero-order valence-electron chi connectivity index (χ0n) is 15.8. The highest BCUT2D eigenvalue weighted by molar-refractivity contribution is 6.30. The lowest BCUT2D eigenvalue weighted by Crippen LogP contribution is -2.35. The highest BCUT2D eigenvalue weighted by Gasteiger charge is 2.49. The molecule has 0 radical (unpaired) electrons. The summed E-state index contributed by atoms with van der Waals surface area (Å²) in [5.41, 5.74) is 11.8. The van der Waals surface area contributed by atoms with Crippen LogP contribution in [0.4, 0.5) is 0 Å². The van der Waals surface area contributed by atoms with Gasteiger partial charge in [-0.25, -0.2) is 0 Å². The van der Waals surface area contributed by atoms with Crippen LogP contribution in [0, 0.1) is 0 Å². The fourth-order valence-electron chi connectivity index (χ4n) is 6.44. The number of hydrogen-bond acceptors (Lipinski definition) is 0. The Balaban J connectivity index is 1.69. The summed E-state index contributed by atoms with van der Waals surface area (Å²) >= 11 is 6.54. The molecule has 0 amide bonds. The second kappa shape index (κ2) is 5.62. The predicted octanol–water partition coefficient (Wildman–Crippen LogP) is 7.21. The summed E-state index contributed by atoms with van der Waals surface area (Å²) in [6.45, 7) is 0. The SMILES string of the molecule is Clc1ccc2c(c1)C1c3ccccc3C2C2c3ccccc3C1c1ccccc12. The van der Waals surface area contributed by atoms with E-state index in [1.807, 2.05) is 0 Å². The molecule has 4 aromatic carbocycles. The van der Waals surface area contributed by atoms with E-state index in [-0.39, 0.29) is 0 Å². The molecule has 6 aliphatic rings. The molecule has 10 rings (SSSR count). The van der Waals surface area contributed by atoms with Gasteiger partial charge in [-0.2, -0.15) is 0 Å². The van der Waals surface area contributed by atoms with Crippen molar-refractivity contribution in [3.05, 3.63) is 141 Å². The summed E-state index contributed by atoms with van der Waals surface area (Å²) in [5.74, 6) is 1.26. The number of halogens is 1. The summed E-state index contributed by atoms with van der Waals surface area (Å²) in [4.78, 5) is 0. The molecule has 0 aliphatic heterocycles. The Morgan fingerprint density at radius 3 is 1.07 bits per heavy atom. The normalized spacial score (nSPS) is 24.7. The molecule has 0 heterocycles. The van der Waals surface area contributed by atoms with Gasteiger partial charge in [-0.15, -0.1) is 0 Å². The molecule has 0 spiro atoms. The third-order valence-electron chi connectivity index (χ3n) is 7.38. The van der Waals surface area contributed by atoms with Gasteiger partial charge in [0.25, 0.3) is 0 Å². The van der Waals surface area contributed by atoms with E-state index >= 15 is 0 Å². The van der Waals surface area contributed by atoms with Crippen LogP contribution < -0.4 is 0 Å². The van der Waals surface area contributed by atoms with Gasteiger partial charge < -0.3 is 0 Å². The van der Waals surface area contributed by atoms with Crippen molar-refractivity contribution in [2.24, 2.45) is 0 Å². The van der Waals surface area contributed by atoms with Gasteiger partial charge in [0.05, 0.1) is 0 Å². The first kappa shape index (κ1) is 16.0. The fraction of sp³-hybridized carbons (Fsp3) is 0.143. The second-order valence-corrected chi connectivity index (χ2v) is 9.01. The Morgan fingerprint density at radius 2 is 0.690 bits per heavy atom. The molecule has 29 heavy (non-hydrogen) atoms. The summed E-state index contributed by atoms with van der Waals surface area (Å²) in [6.07, 6.45) is 0. The van der Waals surface area contributed by atoms with Crippen molar-refractivity contribution in [2.45, 2.75) is 23.7 Å². The van der Waals surface area contributed by atoms with Crippen LogP contribution in [0.15, 0.2) is 91.0 Å². The van der Waals surface area contributed by atoms with E-state index < -0.39 is 0 Å². The molecule has 0 nitrogen and oxygen atoms in total. The van der Waals surface area contributed by atoms with Gasteiger partial charge in [0.2, 0.25) is 0 Å². The average Bonchev–Trinajstić information content (AvgIpc) is 2.75. The minimum absolute atomic E-state index is 0.291. The van der Waals surface area contributed by atoms with Gasteiger partial charge in [0.15, 0.2) is 0 Å². The molecule has 2 atom stereocenters. The molecule has 1 heteroatoms. The van der Waals surface area contributed by atoms with Gasteiger partial charge in [-0.05, 0) is 56.6 Å². The lowest BCUT2D eigenvalue weighted by Gasteiger charge is -2.50. The Morgan fingerprint density at radius 1 is 0.379 bits per heavy atom. The molecule has 0 saturated carbocycles. The fourth-order valence-corrected chi connectivity index (χ4v) is 6.62. The topological polar surface area (TPSA) is 0 Å². The van der Waals surface area contributed by atoms with E-state index in [4.69, 9.17) is 11.6 Å². The lowest BCUT2D eigenvalue weighted by molar-refractivity contribution is 0.529. The van der Waals surface area contributed by atoms with Crippen LogP contribution in [0.5, 0.6) is 0 Å². The molecule has 0 saturated heterocycles. The molecule has 0 fully saturated rings. The third-order valence-corrected chi connectivity index (χ3v) is 7.62.